The molecule has 2 aromatic heterocycles. The number of carbonyl (C=O) groups excluding carboxylic acids is 2. The largest absolute Gasteiger partial charge is 0.383 e. The fourth-order valence-corrected chi connectivity index (χ4v) is 3.75. The number of aliphatic hydroxyl groups is 1. The molecule has 0 aliphatic carbocycles. The summed E-state index contributed by atoms with van der Waals surface area (Å²) >= 11 is 0. The Morgan fingerprint density at radius 3 is 2.48 bits per heavy atom. The number of carbonyl (C=O) groups is 2. The lowest BCUT2D eigenvalue weighted by Gasteiger charge is -2.24. The number of amides is 2. The Balaban J connectivity index is 1.29. The first-order chi connectivity index (χ1) is 13.9. The summed E-state index contributed by atoms with van der Waals surface area (Å²) in [5.74, 6) is -0.369. The van der Waals surface area contributed by atoms with Crippen LogP contribution in [-0.2, 0) is 23.1 Å². The van der Waals surface area contributed by atoms with E-state index >= 15 is 0 Å². The molecule has 0 fully saturated rings. The van der Waals surface area contributed by atoms with E-state index < -0.39 is 6.10 Å². The van der Waals surface area contributed by atoms with Gasteiger partial charge in [-0.3, -0.25) is 9.59 Å². The molecule has 2 aliphatic rings. The SMILES string of the molecule is Cc1[nH]cnc1CC(O)C(=O)N1CC2=C(CN(C(=O)/C=C/c3cn(C)cn3)C2)C1. The monoisotopic (exact) mass is 396 g/mol. The smallest absolute Gasteiger partial charge is 0.252 e. The van der Waals surface area contributed by atoms with Crippen molar-refractivity contribution in [3.8, 4) is 0 Å². The van der Waals surface area contributed by atoms with E-state index in [1.807, 2.05) is 24.7 Å². The molecule has 1 unspecified atom stereocenters. The van der Waals surface area contributed by atoms with Crippen molar-refractivity contribution in [2.24, 2.45) is 7.05 Å². The van der Waals surface area contributed by atoms with Crippen LogP contribution in [0, 0.1) is 6.92 Å². The zero-order valence-electron chi connectivity index (χ0n) is 16.5. The van der Waals surface area contributed by atoms with Crippen molar-refractivity contribution in [2.45, 2.75) is 19.4 Å². The normalized spacial score (nSPS) is 17.5. The van der Waals surface area contributed by atoms with Crippen LogP contribution < -0.4 is 0 Å². The quantitative estimate of drug-likeness (QED) is 0.549. The molecule has 1 atom stereocenters. The molecule has 0 radical (unpaired) electrons. The third-order valence-corrected chi connectivity index (χ3v) is 5.38. The minimum Gasteiger partial charge on any atom is -0.383 e. The predicted molar refractivity (Wildman–Crippen MR) is 105 cm³/mol. The number of nitrogens with zero attached hydrogens (tertiary/aromatic N) is 5. The highest BCUT2D eigenvalue weighted by Gasteiger charge is 2.35. The molecule has 2 amide bonds. The van der Waals surface area contributed by atoms with Crippen LogP contribution in [0.25, 0.3) is 6.08 Å². The maximum absolute atomic E-state index is 12.6. The van der Waals surface area contributed by atoms with Crippen LogP contribution in [0.5, 0.6) is 0 Å². The van der Waals surface area contributed by atoms with Crippen LogP contribution in [-0.4, -0.2) is 78.5 Å². The van der Waals surface area contributed by atoms with E-state index in [1.165, 1.54) is 6.08 Å². The van der Waals surface area contributed by atoms with Crippen molar-refractivity contribution in [1.29, 1.82) is 0 Å². The number of hydrogen-bond acceptors (Lipinski definition) is 5. The molecule has 4 rings (SSSR count). The van der Waals surface area contributed by atoms with Crippen molar-refractivity contribution in [3.63, 3.8) is 0 Å². The van der Waals surface area contributed by atoms with Gasteiger partial charge >= 0.3 is 0 Å². The van der Waals surface area contributed by atoms with Crippen LogP contribution in [0.4, 0.5) is 0 Å². The maximum atomic E-state index is 12.6. The molecule has 9 nitrogen and oxygen atoms in total. The van der Waals surface area contributed by atoms with Gasteiger partial charge in [-0.15, -0.1) is 0 Å². The van der Waals surface area contributed by atoms with Gasteiger partial charge in [-0.1, -0.05) is 0 Å². The minimum absolute atomic E-state index is 0.0722. The Morgan fingerprint density at radius 2 is 1.90 bits per heavy atom. The number of H-pyrrole nitrogens is 1. The first-order valence-corrected chi connectivity index (χ1v) is 9.51. The fourth-order valence-electron chi connectivity index (χ4n) is 3.75. The molecular formula is C20H24N6O3. The molecule has 2 aromatic rings. The number of hydrogen-bond donors (Lipinski definition) is 2. The number of aryl methyl sites for hydroxylation is 2. The van der Waals surface area contributed by atoms with Gasteiger partial charge in [0, 0.05) is 57.6 Å². The number of aromatic amines is 1. The summed E-state index contributed by atoms with van der Waals surface area (Å²) in [5.41, 5.74) is 4.45. The standard InChI is InChI=1S/C20H24N6O3/c1-13-17(22-11-21-13)5-18(27)20(29)26-8-14-6-25(7-15(14)9-26)19(28)4-3-16-10-24(2)12-23-16/h3-4,10-12,18,27H,5-9H2,1-2H3,(H,21,22)/b4-3+. The van der Waals surface area contributed by atoms with E-state index in [1.54, 1.807) is 28.5 Å². The molecule has 152 valence electrons. The summed E-state index contributed by atoms with van der Waals surface area (Å²) in [6, 6.07) is 0. The highest BCUT2D eigenvalue weighted by atomic mass is 16.3. The van der Waals surface area contributed by atoms with Gasteiger partial charge in [0.2, 0.25) is 5.91 Å². The number of nitrogens with one attached hydrogen (secondary N) is 1. The van der Waals surface area contributed by atoms with Crippen molar-refractivity contribution >= 4 is 17.9 Å². The van der Waals surface area contributed by atoms with Crippen molar-refractivity contribution in [1.82, 2.24) is 29.3 Å². The van der Waals surface area contributed by atoms with Crippen molar-refractivity contribution in [2.75, 3.05) is 26.2 Å². The summed E-state index contributed by atoms with van der Waals surface area (Å²) in [6.45, 7) is 3.80. The lowest BCUT2D eigenvalue weighted by atomic mass is 10.1. The van der Waals surface area contributed by atoms with Gasteiger partial charge in [0.05, 0.1) is 24.0 Å². The lowest BCUT2D eigenvalue weighted by molar-refractivity contribution is -0.138. The van der Waals surface area contributed by atoms with Gasteiger partial charge in [-0.05, 0) is 24.1 Å². The van der Waals surface area contributed by atoms with Gasteiger partial charge in [0.1, 0.15) is 6.10 Å². The van der Waals surface area contributed by atoms with Gasteiger partial charge in [0.15, 0.2) is 0 Å². The number of rotatable bonds is 5. The third kappa shape index (κ3) is 4.00. The van der Waals surface area contributed by atoms with Gasteiger partial charge < -0.3 is 24.5 Å². The van der Waals surface area contributed by atoms with Crippen LogP contribution in [0.2, 0.25) is 0 Å². The zero-order chi connectivity index (χ0) is 20.5. The molecule has 0 saturated carbocycles. The van der Waals surface area contributed by atoms with Crippen LogP contribution in [0.3, 0.4) is 0 Å². The van der Waals surface area contributed by atoms with E-state index in [2.05, 4.69) is 15.0 Å². The highest BCUT2D eigenvalue weighted by molar-refractivity contribution is 5.92. The molecule has 2 N–H and O–H groups in total. The van der Waals surface area contributed by atoms with Gasteiger partial charge in [0.25, 0.3) is 5.91 Å². The van der Waals surface area contributed by atoms with Crippen molar-refractivity contribution in [3.05, 3.63) is 53.2 Å². The molecule has 0 spiro atoms. The highest BCUT2D eigenvalue weighted by Crippen LogP contribution is 2.26. The first-order valence-electron chi connectivity index (χ1n) is 9.51. The Bertz CT molecular complexity index is 984. The molecule has 0 bridgehead atoms. The number of aliphatic hydroxyl groups excluding tert-OH is 1. The molecule has 2 aliphatic heterocycles. The molecule has 4 heterocycles. The Kier molecular flexibility index (Phi) is 5.06. The molecule has 29 heavy (non-hydrogen) atoms. The molecule has 9 heteroatoms. The topological polar surface area (TPSA) is 107 Å². The van der Waals surface area contributed by atoms with Gasteiger partial charge in [-0.2, -0.15) is 0 Å². The summed E-state index contributed by atoms with van der Waals surface area (Å²) in [7, 11) is 1.88. The Morgan fingerprint density at radius 1 is 1.21 bits per heavy atom. The van der Waals surface area contributed by atoms with E-state index in [9.17, 15) is 14.7 Å². The summed E-state index contributed by atoms with van der Waals surface area (Å²) in [5, 5.41) is 10.3. The Hall–Kier alpha value is -3.20. The average Bonchev–Trinajstić information content (AvgIpc) is 3.44. The first kappa shape index (κ1) is 19.1. The summed E-state index contributed by atoms with van der Waals surface area (Å²) in [6.07, 6.45) is 7.39. The van der Waals surface area contributed by atoms with E-state index in [4.69, 9.17) is 0 Å². The molecule has 0 aromatic carbocycles. The molecule has 0 saturated heterocycles. The van der Waals surface area contributed by atoms with Crippen LogP contribution in [0.1, 0.15) is 17.1 Å². The van der Waals surface area contributed by atoms with Crippen LogP contribution >= 0.6 is 0 Å². The zero-order valence-corrected chi connectivity index (χ0v) is 16.5. The third-order valence-electron chi connectivity index (χ3n) is 5.38. The second-order valence-electron chi connectivity index (χ2n) is 7.59. The Labute approximate surface area is 168 Å². The second-order valence-corrected chi connectivity index (χ2v) is 7.59. The summed E-state index contributed by atoms with van der Waals surface area (Å²) in [4.78, 5) is 39.7. The number of aromatic nitrogens is 4. The number of imidazole rings is 2. The van der Waals surface area contributed by atoms with E-state index in [0.717, 1.165) is 22.5 Å². The van der Waals surface area contributed by atoms with Crippen LogP contribution in [0.15, 0.2) is 36.1 Å². The second kappa shape index (κ2) is 7.67. The average molecular weight is 396 g/mol. The van der Waals surface area contributed by atoms with E-state index in [0.29, 0.717) is 31.9 Å². The van der Waals surface area contributed by atoms with E-state index in [-0.39, 0.29) is 18.2 Å². The maximum Gasteiger partial charge on any atom is 0.252 e. The molecular weight excluding hydrogens is 372 g/mol. The fraction of sp³-hybridized carbons (Fsp3) is 0.400. The summed E-state index contributed by atoms with van der Waals surface area (Å²) < 4.78 is 1.82. The van der Waals surface area contributed by atoms with Crippen molar-refractivity contribution < 1.29 is 14.7 Å². The minimum atomic E-state index is -1.11. The lowest BCUT2D eigenvalue weighted by Crippen LogP contribution is -2.41. The van der Waals surface area contributed by atoms with Gasteiger partial charge in [-0.25, -0.2) is 9.97 Å². The predicted octanol–water partition coefficient (Wildman–Crippen LogP) is 0.0494.